The van der Waals surface area contributed by atoms with Gasteiger partial charge in [0.2, 0.25) is 5.91 Å². The zero-order valence-electron chi connectivity index (χ0n) is 38.8. The number of rotatable bonds is 42. The SMILES string of the molecule is CCCCCCCCCCCCCCCCC/C=C/CC/C=C/C(O)C(COC1OC(CO)C(O)C(OS(=O)(=O)O)C1O)NC(=O)C(O)CCCCCCCCCCCCCC. The summed E-state index contributed by atoms with van der Waals surface area (Å²) in [5, 5.41) is 55.2. The molecule has 7 N–H and O–H groups in total. The Hall–Kier alpha value is -1.46. The third-order valence-electron chi connectivity index (χ3n) is 11.8. The van der Waals surface area contributed by atoms with Gasteiger partial charge in [-0.2, -0.15) is 8.42 Å². The molecule has 0 bridgehead atoms. The molecular formula is C48H91NO12S. The molecule has 366 valence electrons. The summed E-state index contributed by atoms with van der Waals surface area (Å²) in [5.74, 6) is -0.711. The monoisotopic (exact) mass is 906 g/mol. The largest absolute Gasteiger partial charge is 0.397 e. The van der Waals surface area contributed by atoms with Crippen LogP contribution >= 0.6 is 0 Å². The van der Waals surface area contributed by atoms with E-state index in [1.165, 1.54) is 147 Å². The summed E-state index contributed by atoms with van der Waals surface area (Å²) in [6, 6.07) is -1.13. The molecule has 8 unspecified atom stereocenters. The van der Waals surface area contributed by atoms with Crippen molar-refractivity contribution in [3.63, 3.8) is 0 Å². The molecule has 1 heterocycles. The van der Waals surface area contributed by atoms with Gasteiger partial charge in [0.15, 0.2) is 6.29 Å². The zero-order chi connectivity index (χ0) is 45.7. The van der Waals surface area contributed by atoms with Gasteiger partial charge in [-0.1, -0.05) is 205 Å². The first-order chi connectivity index (χ1) is 29.9. The van der Waals surface area contributed by atoms with Gasteiger partial charge in [0.25, 0.3) is 0 Å². The van der Waals surface area contributed by atoms with Gasteiger partial charge in [0.1, 0.15) is 30.5 Å². The lowest BCUT2D eigenvalue weighted by Gasteiger charge is -2.41. The molecule has 0 saturated carbocycles. The molecule has 1 aliphatic rings. The van der Waals surface area contributed by atoms with Crippen LogP contribution < -0.4 is 5.32 Å². The first-order valence-corrected chi connectivity index (χ1v) is 26.2. The van der Waals surface area contributed by atoms with Crippen molar-refractivity contribution in [1.29, 1.82) is 0 Å². The Bertz CT molecular complexity index is 1220. The van der Waals surface area contributed by atoms with Crippen LogP contribution in [0.25, 0.3) is 0 Å². The number of carbonyl (C=O) groups excluding carboxylic acids is 1. The number of hydrogen-bond donors (Lipinski definition) is 7. The average Bonchev–Trinajstić information content (AvgIpc) is 3.24. The van der Waals surface area contributed by atoms with Crippen LogP contribution in [0, 0.1) is 0 Å². The van der Waals surface area contributed by atoms with Gasteiger partial charge in [0.05, 0.1) is 25.4 Å². The summed E-state index contributed by atoms with van der Waals surface area (Å²) in [4.78, 5) is 13.1. The van der Waals surface area contributed by atoms with Crippen LogP contribution in [-0.4, -0.2) is 107 Å². The van der Waals surface area contributed by atoms with E-state index < -0.39 is 78.5 Å². The predicted molar refractivity (Wildman–Crippen MR) is 247 cm³/mol. The second-order valence-corrected chi connectivity index (χ2v) is 18.6. The molecule has 0 radical (unpaired) electrons. The van der Waals surface area contributed by atoms with Crippen LogP contribution in [0.2, 0.25) is 0 Å². The number of allylic oxidation sites excluding steroid dienone is 3. The van der Waals surface area contributed by atoms with Crippen LogP contribution in [0.1, 0.15) is 213 Å². The van der Waals surface area contributed by atoms with E-state index in [1.54, 1.807) is 6.08 Å². The van der Waals surface area contributed by atoms with Crippen molar-refractivity contribution in [2.24, 2.45) is 0 Å². The third-order valence-corrected chi connectivity index (χ3v) is 12.3. The number of ether oxygens (including phenoxy) is 2. The molecule has 0 aromatic rings. The maximum atomic E-state index is 13.1. The molecular weight excluding hydrogens is 815 g/mol. The standard InChI is InChI=1S/C48H91NO12S/c1-3-5-7-9-11-13-15-17-18-19-20-21-22-23-24-25-27-28-30-32-34-36-41(51)40(39-59-48-45(54)46(61-62(56,57)58)44(53)43(38-50)60-48)49-47(55)42(52)37-35-33-31-29-26-16-14-12-10-8-6-4-2/h27-28,34,36,40-46,48,50-54H,3-26,29-33,35,37-39H2,1-2H3,(H,49,55)(H,56,57,58)/b28-27+,36-34+. The van der Waals surface area contributed by atoms with Crippen molar-refractivity contribution in [3.05, 3.63) is 24.3 Å². The van der Waals surface area contributed by atoms with Crippen molar-refractivity contribution in [1.82, 2.24) is 5.32 Å². The maximum absolute atomic E-state index is 13.1. The van der Waals surface area contributed by atoms with Gasteiger partial charge in [-0.25, -0.2) is 4.18 Å². The van der Waals surface area contributed by atoms with E-state index in [0.717, 1.165) is 38.5 Å². The van der Waals surface area contributed by atoms with Gasteiger partial charge >= 0.3 is 10.4 Å². The minimum absolute atomic E-state index is 0.240. The van der Waals surface area contributed by atoms with E-state index >= 15 is 0 Å². The highest BCUT2D eigenvalue weighted by molar-refractivity contribution is 7.80. The second kappa shape index (κ2) is 38.8. The highest BCUT2D eigenvalue weighted by Crippen LogP contribution is 2.26. The molecule has 0 spiro atoms. The van der Waals surface area contributed by atoms with Crippen LogP contribution in [0.15, 0.2) is 24.3 Å². The Morgan fingerprint density at radius 1 is 0.645 bits per heavy atom. The Balaban J connectivity index is 2.55. The summed E-state index contributed by atoms with van der Waals surface area (Å²) in [6.45, 7) is 3.21. The van der Waals surface area contributed by atoms with E-state index in [4.69, 9.17) is 9.47 Å². The minimum atomic E-state index is -5.12. The van der Waals surface area contributed by atoms with Crippen molar-refractivity contribution < 1.29 is 57.0 Å². The summed E-state index contributed by atoms with van der Waals surface area (Å²) >= 11 is 0. The number of hydrogen-bond acceptors (Lipinski definition) is 11. The molecule has 13 nitrogen and oxygen atoms in total. The van der Waals surface area contributed by atoms with Crippen LogP contribution in [-0.2, 0) is 28.9 Å². The van der Waals surface area contributed by atoms with Crippen molar-refractivity contribution in [2.45, 2.75) is 262 Å². The molecule has 62 heavy (non-hydrogen) atoms. The fraction of sp³-hybridized carbons (Fsp3) is 0.896. The smallest absolute Gasteiger partial charge is 0.394 e. The van der Waals surface area contributed by atoms with Gasteiger partial charge in [-0.15, -0.1) is 0 Å². The molecule has 1 rings (SSSR count). The van der Waals surface area contributed by atoms with Crippen molar-refractivity contribution in [3.8, 4) is 0 Å². The van der Waals surface area contributed by atoms with Gasteiger partial charge in [-0.3, -0.25) is 9.35 Å². The molecule has 1 fully saturated rings. The molecule has 1 aliphatic heterocycles. The van der Waals surface area contributed by atoms with E-state index in [9.17, 15) is 43.3 Å². The van der Waals surface area contributed by atoms with E-state index in [2.05, 4.69) is 35.5 Å². The number of carbonyl (C=O) groups is 1. The number of amides is 1. The number of unbranched alkanes of at least 4 members (excludes halogenated alkanes) is 27. The maximum Gasteiger partial charge on any atom is 0.397 e. The van der Waals surface area contributed by atoms with Crippen molar-refractivity contribution >= 4 is 16.3 Å². The predicted octanol–water partition coefficient (Wildman–Crippen LogP) is 9.08. The summed E-state index contributed by atoms with van der Waals surface area (Å²) < 4.78 is 47.5. The minimum Gasteiger partial charge on any atom is -0.394 e. The van der Waals surface area contributed by atoms with Crippen LogP contribution in [0.3, 0.4) is 0 Å². The number of aliphatic hydroxyl groups excluding tert-OH is 5. The fourth-order valence-corrected chi connectivity index (χ4v) is 8.40. The quantitative estimate of drug-likeness (QED) is 0.0174. The molecule has 0 aromatic heterocycles. The first kappa shape index (κ1) is 58.6. The molecule has 14 heteroatoms. The van der Waals surface area contributed by atoms with Gasteiger partial charge in [-0.05, 0) is 32.1 Å². The Kier molecular flexibility index (Phi) is 36.6. The van der Waals surface area contributed by atoms with Crippen molar-refractivity contribution in [2.75, 3.05) is 13.2 Å². The Morgan fingerprint density at radius 2 is 1.08 bits per heavy atom. The second-order valence-electron chi connectivity index (χ2n) is 17.5. The average molecular weight is 906 g/mol. The molecule has 8 atom stereocenters. The van der Waals surface area contributed by atoms with E-state index in [-0.39, 0.29) is 6.42 Å². The highest BCUT2D eigenvalue weighted by atomic mass is 32.3. The van der Waals surface area contributed by atoms with Crippen LogP contribution in [0.4, 0.5) is 0 Å². The number of nitrogens with one attached hydrogen (secondary N) is 1. The Labute approximate surface area is 376 Å². The zero-order valence-corrected chi connectivity index (χ0v) is 39.6. The molecule has 1 amide bonds. The molecule has 0 aliphatic carbocycles. The Morgan fingerprint density at radius 3 is 1.55 bits per heavy atom. The highest BCUT2D eigenvalue weighted by Gasteiger charge is 2.48. The lowest BCUT2D eigenvalue weighted by atomic mass is 9.99. The summed E-state index contributed by atoms with van der Waals surface area (Å²) in [6.07, 6.45) is 32.7. The third kappa shape index (κ3) is 30.6. The molecule has 0 aromatic carbocycles. The summed E-state index contributed by atoms with van der Waals surface area (Å²) in [5.41, 5.74) is 0. The number of aliphatic hydroxyl groups is 5. The lowest BCUT2D eigenvalue weighted by molar-refractivity contribution is -0.298. The van der Waals surface area contributed by atoms with Gasteiger partial charge in [0, 0.05) is 0 Å². The van der Waals surface area contributed by atoms with Gasteiger partial charge < -0.3 is 40.3 Å². The molecule has 1 saturated heterocycles. The van der Waals surface area contributed by atoms with Crippen LogP contribution in [0.5, 0.6) is 0 Å². The normalized spacial score (nSPS) is 21.2. The lowest BCUT2D eigenvalue weighted by Crippen LogP contribution is -2.61. The first-order valence-electron chi connectivity index (χ1n) is 24.8. The van der Waals surface area contributed by atoms with E-state index in [0.29, 0.717) is 12.8 Å². The fourth-order valence-electron chi connectivity index (χ4n) is 7.89. The summed E-state index contributed by atoms with van der Waals surface area (Å²) in [7, 11) is -5.12. The van der Waals surface area contributed by atoms with E-state index in [1.807, 2.05) is 0 Å². The topological polar surface area (TPSA) is 212 Å².